The average molecular weight is 430 g/mol. The van der Waals surface area contributed by atoms with Crippen LogP contribution in [0, 0.1) is 18.8 Å². The maximum absolute atomic E-state index is 13.5. The number of aryl methyl sites for hydroxylation is 1. The van der Waals surface area contributed by atoms with Crippen LogP contribution in [-0.2, 0) is 19.2 Å². The van der Waals surface area contributed by atoms with Crippen molar-refractivity contribution in [1.82, 2.24) is 0 Å². The molecular formula is C25H22N2O5. The Labute approximate surface area is 185 Å². The number of fused-ring (bicyclic) bond motifs is 5. The first-order valence-corrected chi connectivity index (χ1v) is 10.5. The lowest BCUT2D eigenvalue weighted by Gasteiger charge is -2.36. The number of ether oxygens (including phenoxy) is 1. The Bertz CT molecular complexity index is 1200. The standard InChI is InChI=1S/C25H22N2O5/c1-13-4-10-19-16(12-13)5-11-20-21-22(23(14(2)28)27(19)20)25(31)26(24(21)30)17-6-8-18(9-7-17)32-15(3)29/h4-12,20-23H,1-3H3/t20-,21-,22+,23+/m1/s1. The largest absolute Gasteiger partial charge is 0.427 e. The van der Waals surface area contributed by atoms with Crippen LogP contribution in [0.5, 0.6) is 5.75 Å². The Balaban J connectivity index is 1.54. The van der Waals surface area contributed by atoms with Gasteiger partial charge in [0.1, 0.15) is 11.8 Å². The highest BCUT2D eigenvalue weighted by molar-refractivity contribution is 6.24. The molecule has 0 spiro atoms. The highest BCUT2D eigenvalue weighted by Crippen LogP contribution is 2.49. The molecular weight excluding hydrogens is 408 g/mol. The number of Topliss-reactive ketones (excluding diaryl/α,β-unsaturated/α-hetero) is 1. The Hall–Kier alpha value is -3.74. The molecule has 2 saturated heterocycles. The van der Waals surface area contributed by atoms with Crippen LogP contribution in [0.15, 0.2) is 48.5 Å². The second kappa shape index (κ2) is 7.15. The molecule has 5 rings (SSSR count). The minimum absolute atomic E-state index is 0.141. The number of anilines is 2. The van der Waals surface area contributed by atoms with Gasteiger partial charge in [0, 0.05) is 12.6 Å². The van der Waals surface area contributed by atoms with E-state index in [2.05, 4.69) is 0 Å². The molecule has 32 heavy (non-hydrogen) atoms. The van der Waals surface area contributed by atoms with Crippen LogP contribution in [0.1, 0.15) is 25.0 Å². The summed E-state index contributed by atoms with van der Waals surface area (Å²) in [7, 11) is 0. The fraction of sp³-hybridized carbons (Fsp3) is 0.280. The normalized spacial score (nSPS) is 25.5. The van der Waals surface area contributed by atoms with Crippen molar-refractivity contribution in [2.24, 2.45) is 11.8 Å². The maximum Gasteiger partial charge on any atom is 0.308 e. The number of ketones is 1. The van der Waals surface area contributed by atoms with Gasteiger partial charge >= 0.3 is 5.97 Å². The summed E-state index contributed by atoms with van der Waals surface area (Å²) < 4.78 is 5.03. The summed E-state index contributed by atoms with van der Waals surface area (Å²) in [6, 6.07) is 11.1. The van der Waals surface area contributed by atoms with E-state index in [1.54, 1.807) is 24.3 Å². The molecule has 0 aromatic heterocycles. The predicted octanol–water partition coefficient (Wildman–Crippen LogP) is 2.90. The Kier molecular flexibility index (Phi) is 4.51. The lowest BCUT2D eigenvalue weighted by molar-refractivity contribution is -0.132. The molecule has 7 nitrogen and oxygen atoms in total. The van der Waals surface area contributed by atoms with Crippen molar-refractivity contribution in [3.8, 4) is 5.75 Å². The fourth-order valence-electron chi connectivity index (χ4n) is 5.24. The first kappa shape index (κ1) is 20.2. The lowest BCUT2D eigenvalue weighted by atomic mass is 9.88. The number of imide groups is 1. The number of carbonyl (C=O) groups excluding carboxylic acids is 4. The van der Waals surface area contributed by atoms with Crippen LogP contribution in [0.2, 0.25) is 0 Å². The average Bonchev–Trinajstić information content (AvgIpc) is 3.21. The molecule has 2 aromatic carbocycles. The van der Waals surface area contributed by atoms with E-state index >= 15 is 0 Å². The van der Waals surface area contributed by atoms with Gasteiger partial charge in [-0.2, -0.15) is 0 Å². The van der Waals surface area contributed by atoms with Gasteiger partial charge < -0.3 is 9.64 Å². The Morgan fingerprint density at radius 3 is 2.28 bits per heavy atom. The molecule has 2 fully saturated rings. The minimum Gasteiger partial charge on any atom is -0.427 e. The van der Waals surface area contributed by atoms with Crippen molar-refractivity contribution in [1.29, 1.82) is 0 Å². The van der Waals surface area contributed by atoms with E-state index in [0.717, 1.165) is 16.8 Å². The molecule has 0 N–H and O–H groups in total. The Morgan fingerprint density at radius 1 is 0.938 bits per heavy atom. The number of amides is 2. The van der Waals surface area contributed by atoms with Crippen LogP contribution < -0.4 is 14.5 Å². The second-order valence-electron chi connectivity index (χ2n) is 8.53. The van der Waals surface area contributed by atoms with Crippen LogP contribution in [0.3, 0.4) is 0 Å². The fourth-order valence-corrected chi connectivity index (χ4v) is 5.24. The van der Waals surface area contributed by atoms with Crippen LogP contribution in [0.4, 0.5) is 11.4 Å². The quantitative estimate of drug-likeness (QED) is 0.423. The maximum atomic E-state index is 13.5. The summed E-state index contributed by atoms with van der Waals surface area (Å²) in [6.07, 6.45) is 3.90. The SMILES string of the molecule is CC(=O)Oc1ccc(N2C(=O)[C@H]3[C@H](C2=O)[C@H](C(C)=O)N2c4ccc(C)cc4C=C[C@H]32)cc1. The number of hydrogen-bond donors (Lipinski definition) is 0. The first-order valence-electron chi connectivity index (χ1n) is 10.5. The third-order valence-corrected chi connectivity index (χ3v) is 6.43. The summed E-state index contributed by atoms with van der Waals surface area (Å²) >= 11 is 0. The summed E-state index contributed by atoms with van der Waals surface area (Å²) in [5.74, 6) is -2.36. The molecule has 3 heterocycles. The van der Waals surface area contributed by atoms with Crippen molar-refractivity contribution < 1.29 is 23.9 Å². The minimum atomic E-state index is -0.755. The summed E-state index contributed by atoms with van der Waals surface area (Å²) in [6.45, 7) is 4.77. The summed E-state index contributed by atoms with van der Waals surface area (Å²) in [5, 5.41) is 0. The number of rotatable bonds is 3. The molecule has 2 aromatic rings. The second-order valence-corrected chi connectivity index (χ2v) is 8.53. The van der Waals surface area contributed by atoms with E-state index in [1.165, 1.54) is 18.7 Å². The van der Waals surface area contributed by atoms with E-state index in [1.807, 2.05) is 42.2 Å². The van der Waals surface area contributed by atoms with Crippen molar-refractivity contribution in [3.63, 3.8) is 0 Å². The Morgan fingerprint density at radius 2 is 1.62 bits per heavy atom. The lowest BCUT2D eigenvalue weighted by Crippen LogP contribution is -2.48. The van der Waals surface area contributed by atoms with Gasteiger partial charge in [-0.25, -0.2) is 4.90 Å². The molecule has 3 aliphatic rings. The van der Waals surface area contributed by atoms with Gasteiger partial charge in [-0.15, -0.1) is 0 Å². The molecule has 162 valence electrons. The monoisotopic (exact) mass is 430 g/mol. The molecule has 3 aliphatic heterocycles. The number of nitrogens with zero attached hydrogens (tertiary/aromatic N) is 2. The predicted molar refractivity (Wildman–Crippen MR) is 118 cm³/mol. The van der Waals surface area contributed by atoms with Gasteiger partial charge in [-0.1, -0.05) is 23.8 Å². The zero-order valence-electron chi connectivity index (χ0n) is 17.9. The van der Waals surface area contributed by atoms with E-state index in [-0.39, 0.29) is 23.6 Å². The van der Waals surface area contributed by atoms with Crippen molar-refractivity contribution in [2.45, 2.75) is 32.9 Å². The van der Waals surface area contributed by atoms with Gasteiger partial charge in [0.2, 0.25) is 11.8 Å². The molecule has 0 aliphatic carbocycles. The highest BCUT2D eigenvalue weighted by atomic mass is 16.5. The van der Waals surface area contributed by atoms with Crippen LogP contribution in [0.25, 0.3) is 6.08 Å². The first-order chi connectivity index (χ1) is 15.3. The smallest absolute Gasteiger partial charge is 0.308 e. The zero-order chi connectivity index (χ0) is 22.7. The van der Waals surface area contributed by atoms with E-state index in [9.17, 15) is 19.2 Å². The summed E-state index contributed by atoms with van der Waals surface area (Å²) in [5.41, 5.74) is 3.34. The number of esters is 1. The number of hydrogen-bond acceptors (Lipinski definition) is 6. The van der Waals surface area contributed by atoms with E-state index in [0.29, 0.717) is 11.4 Å². The topological polar surface area (TPSA) is 84.0 Å². The van der Waals surface area contributed by atoms with Crippen molar-refractivity contribution in [3.05, 3.63) is 59.7 Å². The van der Waals surface area contributed by atoms with Gasteiger partial charge in [-0.05, 0) is 55.8 Å². The highest BCUT2D eigenvalue weighted by Gasteiger charge is 2.63. The third kappa shape index (κ3) is 2.88. The van der Waals surface area contributed by atoms with Gasteiger partial charge in [0.05, 0.1) is 23.6 Å². The molecule has 2 amide bonds. The van der Waals surface area contributed by atoms with Gasteiger partial charge in [-0.3, -0.25) is 19.2 Å². The number of benzene rings is 2. The van der Waals surface area contributed by atoms with Crippen molar-refractivity contribution >= 4 is 41.0 Å². The number of carbonyl (C=O) groups is 4. The summed E-state index contributed by atoms with van der Waals surface area (Å²) in [4.78, 5) is 54.0. The van der Waals surface area contributed by atoms with Gasteiger partial charge in [0.25, 0.3) is 0 Å². The molecule has 0 radical (unpaired) electrons. The van der Waals surface area contributed by atoms with Crippen molar-refractivity contribution in [2.75, 3.05) is 9.80 Å². The molecule has 0 saturated carbocycles. The zero-order valence-corrected chi connectivity index (χ0v) is 17.9. The molecule has 0 unspecified atom stereocenters. The van der Waals surface area contributed by atoms with Crippen LogP contribution >= 0.6 is 0 Å². The van der Waals surface area contributed by atoms with Gasteiger partial charge in [0.15, 0.2) is 5.78 Å². The van der Waals surface area contributed by atoms with E-state index < -0.39 is 23.8 Å². The van der Waals surface area contributed by atoms with Crippen LogP contribution in [-0.4, -0.2) is 35.7 Å². The molecule has 0 bridgehead atoms. The molecule has 4 atom stereocenters. The van der Waals surface area contributed by atoms with E-state index in [4.69, 9.17) is 4.74 Å². The molecule has 7 heteroatoms. The third-order valence-electron chi connectivity index (χ3n) is 6.43.